The van der Waals surface area contributed by atoms with E-state index in [1.165, 1.54) is 6.07 Å². The summed E-state index contributed by atoms with van der Waals surface area (Å²) < 4.78 is 46.7. The molecule has 0 unspecified atom stereocenters. The minimum Gasteiger partial charge on any atom is -0.494 e. The number of halogens is 3. The van der Waals surface area contributed by atoms with Gasteiger partial charge in [-0.1, -0.05) is 0 Å². The molecule has 0 heterocycles. The van der Waals surface area contributed by atoms with E-state index in [0.717, 1.165) is 20.3 Å². The van der Waals surface area contributed by atoms with Gasteiger partial charge in [-0.2, -0.15) is 18.4 Å². The van der Waals surface area contributed by atoms with E-state index in [1.807, 2.05) is 0 Å². The van der Waals surface area contributed by atoms with Gasteiger partial charge in [-0.3, -0.25) is 0 Å². The molecular weight excluding hydrogens is 283 g/mol. The first-order chi connectivity index (χ1) is 8.84. The lowest BCUT2D eigenvalue weighted by Crippen LogP contribution is -2.09. The van der Waals surface area contributed by atoms with E-state index in [2.05, 4.69) is 4.74 Å². The molecule has 0 aliphatic rings. The Morgan fingerprint density at radius 2 is 2.00 bits per heavy atom. The summed E-state index contributed by atoms with van der Waals surface area (Å²) in [5, 5.41) is 8.82. The summed E-state index contributed by atoms with van der Waals surface area (Å²) in [6, 6.07) is 4.00. The maximum atomic E-state index is 12.5. The van der Waals surface area contributed by atoms with Crippen molar-refractivity contribution in [3.8, 4) is 11.8 Å². The molecule has 1 aromatic carbocycles. The molecule has 19 heavy (non-hydrogen) atoms. The first kappa shape index (κ1) is 15.2. The van der Waals surface area contributed by atoms with Crippen LogP contribution in [0.2, 0.25) is 0 Å². The lowest BCUT2D eigenvalue weighted by Gasteiger charge is -2.14. The number of carbonyl (C=O) groups is 1. The first-order valence-electron chi connectivity index (χ1n) is 4.79. The zero-order valence-corrected chi connectivity index (χ0v) is 10.7. The highest BCUT2D eigenvalue weighted by Crippen LogP contribution is 2.44. The highest BCUT2D eigenvalue weighted by Gasteiger charge is 2.34. The number of thioether (sulfide) groups is 1. The number of rotatable bonds is 3. The largest absolute Gasteiger partial charge is 0.494 e. The molecule has 4 nitrogen and oxygen atoms in total. The Labute approximate surface area is 111 Å². The summed E-state index contributed by atoms with van der Waals surface area (Å²) in [6.07, 6.45) is 0. The number of benzene rings is 1. The van der Waals surface area contributed by atoms with Crippen LogP contribution in [0.1, 0.15) is 15.9 Å². The second-order valence-electron chi connectivity index (χ2n) is 3.17. The summed E-state index contributed by atoms with van der Waals surface area (Å²) >= 11 is -0.525. The Kier molecular flexibility index (Phi) is 4.67. The second-order valence-corrected chi connectivity index (χ2v) is 4.25. The van der Waals surface area contributed by atoms with Gasteiger partial charge in [0.05, 0.1) is 30.2 Å². The van der Waals surface area contributed by atoms with E-state index in [4.69, 9.17) is 10.00 Å². The lowest BCUT2D eigenvalue weighted by molar-refractivity contribution is -0.0329. The van der Waals surface area contributed by atoms with Crippen LogP contribution < -0.4 is 4.74 Å². The molecule has 0 radical (unpaired) electrons. The molecule has 0 saturated heterocycles. The zero-order chi connectivity index (χ0) is 14.6. The Morgan fingerprint density at radius 3 is 2.42 bits per heavy atom. The zero-order valence-electron chi connectivity index (χ0n) is 9.87. The van der Waals surface area contributed by atoms with Crippen LogP contribution in [0, 0.1) is 11.3 Å². The fraction of sp³-hybridized carbons (Fsp3) is 0.273. The highest BCUT2D eigenvalue weighted by atomic mass is 32.2. The predicted octanol–water partition coefficient (Wildman–Crippen LogP) is 2.97. The van der Waals surface area contributed by atoms with Crippen molar-refractivity contribution >= 4 is 17.7 Å². The van der Waals surface area contributed by atoms with Crippen molar-refractivity contribution in [2.75, 3.05) is 14.2 Å². The van der Waals surface area contributed by atoms with E-state index in [9.17, 15) is 18.0 Å². The molecule has 0 saturated carbocycles. The molecule has 8 heteroatoms. The van der Waals surface area contributed by atoms with E-state index in [-0.39, 0.29) is 16.9 Å². The predicted molar refractivity (Wildman–Crippen MR) is 61.0 cm³/mol. The van der Waals surface area contributed by atoms with Crippen LogP contribution in [0.4, 0.5) is 13.2 Å². The second kappa shape index (κ2) is 5.84. The average molecular weight is 291 g/mol. The van der Waals surface area contributed by atoms with Crippen LogP contribution in [0.15, 0.2) is 17.0 Å². The van der Waals surface area contributed by atoms with Crippen LogP contribution in [0.3, 0.4) is 0 Å². The van der Waals surface area contributed by atoms with Crippen LogP contribution >= 0.6 is 11.8 Å². The molecule has 0 amide bonds. The van der Waals surface area contributed by atoms with Gasteiger partial charge in [-0.05, 0) is 23.9 Å². The summed E-state index contributed by atoms with van der Waals surface area (Å²) in [5.41, 5.74) is -5.02. The SMILES string of the molecule is COC(=O)c1ccc(C#N)c(OC)c1SC(F)(F)F. The molecule has 0 bridgehead atoms. The van der Waals surface area contributed by atoms with Crippen molar-refractivity contribution in [2.45, 2.75) is 10.4 Å². The number of methoxy groups -OCH3 is 2. The molecule has 102 valence electrons. The standard InChI is InChI=1S/C11H8F3NO3S/c1-17-8-6(5-15)3-4-7(10(16)18-2)9(8)19-11(12,13)14/h3-4H,1-2H3. The average Bonchev–Trinajstić information content (AvgIpc) is 2.35. The lowest BCUT2D eigenvalue weighted by atomic mass is 10.1. The summed E-state index contributed by atoms with van der Waals surface area (Å²) in [6.45, 7) is 0. The van der Waals surface area contributed by atoms with Gasteiger partial charge < -0.3 is 9.47 Å². The number of esters is 1. The summed E-state index contributed by atoms with van der Waals surface area (Å²) in [4.78, 5) is 11.0. The molecule has 0 aromatic heterocycles. The fourth-order valence-corrected chi connectivity index (χ4v) is 2.12. The van der Waals surface area contributed by atoms with Gasteiger partial charge in [0.1, 0.15) is 6.07 Å². The molecule has 0 spiro atoms. The Hall–Kier alpha value is -1.88. The maximum absolute atomic E-state index is 12.5. The number of hydrogen-bond acceptors (Lipinski definition) is 5. The van der Waals surface area contributed by atoms with Gasteiger partial charge in [0.2, 0.25) is 0 Å². The highest BCUT2D eigenvalue weighted by molar-refractivity contribution is 8.00. The smallest absolute Gasteiger partial charge is 0.446 e. The molecule has 1 rings (SSSR count). The van der Waals surface area contributed by atoms with Crippen molar-refractivity contribution < 1.29 is 27.4 Å². The van der Waals surface area contributed by atoms with Gasteiger partial charge in [0.15, 0.2) is 5.75 Å². The number of nitriles is 1. The van der Waals surface area contributed by atoms with Crippen molar-refractivity contribution in [3.05, 3.63) is 23.3 Å². The third kappa shape index (κ3) is 3.54. The summed E-state index contributed by atoms with van der Waals surface area (Å²) in [5.74, 6) is -1.23. The molecule has 0 aliphatic carbocycles. The molecular formula is C11H8F3NO3S. The third-order valence-electron chi connectivity index (χ3n) is 2.06. The van der Waals surface area contributed by atoms with E-state index in [1.54, 1.807) is 6.07 Å². The van der Waals surface area contributed by atoms with Gasteiger partial charge >= 0.3 is 11.5 Å². The number of carbonyl (C=O) groups excluding carboxylic acids is 1. The number of nitrogens with zero attached hydrogens (tertiary/aromatic N) is 1. The number of alkyl halides is 3. The molecule has 1 aromatic rings. The van der Waals surface area contributed by atoms with Gasteiger partial charge in [-0.15, -0.1) is 0 Å². The minimum absolute atomic E-state index is 0.0955. The Bertz CT molecular complexity index is 537. The Balaban J connectivity index is 3.49. The van der Waals surface area contributed by atoms with E-state index in [0.29, 0.717) is 0 Å². The van der Waals surface area contributed by atoms with Crippen LogP contribution in [0.5, 0.6) is 5.75 Å². The topological polar surface area (TPSA) is 59.3 Å². The quantitative estimate of drug-likeness (QED) is 0.633. The minimum atomic E-state index is -4.62. The van der Waals surface area contributed by atoms with E-state index >= 15 is 0 Å². The van der Waals surface area contributed by atoms with Gasteiger partial charge in [0, 0.05) is 0 Å². The molecule has 0 N–H and O–H groups in total. The Morgan fingerprint density at radius 1 is 1.37 bits per heavy atom. The van der Waals surface area contributed by atoms with Crippen LogP contribution in [0.25, 0.3) is 0 Å². The molecule has 0 atom stereocenters. The number of ether oxygens (including phenoxy) is 2. The van der Waals surface area contributed by atoms with Crippen LogP contribution in [-0.2, 0) is 4.74 Å². The summed E-state index contributed by atoms with van der Waals surface area (Å²) in [7, 11) is 2.17. The van der Waals surface area contributed by atoms with Crippen molar-refractivity contribution in [1.29, 1.82) is 5.26 Å². The molecule has 0 fully saturated rings. The van der Waals surface area contributed by atoms with E-state index < -0.39 is 28.1 Å². The van der Waals surface area contributed by atoms with Gasteiger partial charge in [0.25, 0.3) is 0 Å². The number of hydrogen-bond donors (Lipinski definition) is 0. The van der Waals surface area contributed by atoms with Crippen molar-refractivity contribution in [3.63, 3.8) is 0 Å². The van der Waals surface area contributed by atoms with Gasteiger partial charge in [-0.25, -0.2) is 4.79 Å². The van der Waals surface area contributed by atoms with Crippen molar-refractivity contribution in [2.24, 2.45) is 0 Å². The van der Waals surface area contributed by atoms with Crippen LogP contribution in [-0.4, -0.2) is 25.7 Å². The fourth-order valence-electron chi connectivity index (χ4n) is 1.34. The third-order valence-corrected chi connectivity index (χ3v) is 2.90. The maximum Gasteiger partial charge on any atom is 0.446 e. The monoisotopic (exact) mass is 291 g/mol. The van der Waals surface area contributed by atoms with Crippen molar-refractivity contribution in [1.82, 2.24) is 0 Å². The molecule has 0 aliphatic heterocycles. The first-order valence-corrected chi connectivity index (χ1v) is 5.60. The normalized spacial score (nSPS) is 10.7.